The number of nitrogens with zero attached hydrogens (tertiary/aromatic N) is 2. The third-order valence-corrected chi connectivity index (χ3v) is 4.75. The Morgan fingerprint density at radius 3 is 2.67 bits per heavy atom. The van der Waals surface area contributed by atoms with E-state index in [1.165, 1.54) is 11.1 Å². The molecule has 0 spiro atoms. The monoisotopic (exact) mass is 322 g/mol. The molecule has 3 aliphatic rings. The zero-order valence-corrected chi connectivity index (χ0v) is 13.4. The summed E-state index contributed by atoms with van der Waals surface area (Å²) in [5.74, 6) is 2.58. The zero-order valence-electron chi connectivity index (χ0n) is 13.4. The first-order valence-electron chi connectivity index (χ1n) is 8.15. The fourth-order valence-electron chi connectivity index (χ4n) is 3.63. The number of hydrogen-bond donors (Lipinski definition) is 0. The Labute approximate surface area is 140 Å². The summed E-state index contributed by atoms with van der Waals surface area (Å²) in [5.41, 5.74) is 3.52. The van der Waals surface area contributed by atoms with E-state index in [1.807, 2.05) is 24.3 Å². The Kier molecular flexibility index (Phi) is 2.97. The molecule has 5 rings (SSSR count). The van der Waals surface area contributed by atoms with Crippen LogP contribution in [0.25, 0.3) is 0 Å². The maximum absolute atomic E-state index is 5.89. The maximum atomic E-state index is 5.89. The van der Waals surface area contributed by atoms with E-state index in [-0.39, 0.29) is 6.04 Å². The molecule has 5 heteroatoms. The lowest BCUT2D eigenvalue weighted by Crippen LogP contribution is -2.35. The molecule has 0 aromatic heterocycles. The summed E-state index contributed by atoms with van der Waals surface area (Å²) in [7, 11) is 2.10. The molecular weight excluding hydrogens is 304 g/mol. The Balaban J connectivity index is 1.52. The standard InChI is InChI=1S/C19H18N2O3/c1-20-19-13(12-24-16-5-3-2-4-15(16)19)11-21(20)14-6-7-17-18(10-14)23-9-8-22-17/h2-7,10-11,19H,8-9,12H2,1H3. The van der Waals surface area contributed by atoms with E-state index in [4.69, 9.17) is 14.2 Å². The van der Waals surface area contributed by atoms with Crippen molar-refractivity contribution in [3.8, 4) is 17.2 Å². The van der Waals surface area contributed by atoms with Gasteiger partial charge >= 0.3 is 0 Å². The summed E-state index contributed by atoms with van der Waals surface area (Å²) in [4.78, 5) is 0. The van der Waals surface area contributed by atoms with Crippen molar-refractivity contribution >= 4 is 5.69 Å². The lowest BCUT2D eigenvalue weighted by atomic mass is 9.97. The van der Waals surface area contributed by atoms with Crippen LogP contribution in [0.15, 0.2) is 54.2 Å². The second-order valence-corrected chi connectivity index (χ2v) is 6.18. The van der Waals surface area contributed by atoms with Gasteiger partial charge in [0.15, 0.2) is 11.5 Å². The molecule has 1 atom stereocenters. The summed E-state index contributed by atoms with van der Waals surface area (Å²) in [6, 6.07) is 14.5. The Morgan fingerprint density at radius 1 is 0.917 bits per heavy atom. The van der Waals surface area contributed by atoms with Crippen molar-refractivity contribution in [2.24, 2.45) is 0 Å². The summed E-state index contributed by atoms with van der Waals surface area (Å²) in [6.45, 7) is 1.82. The van der Waals surface area contributed by atoms with Crippen molar-refractivity contribution in [3.05, 3.63) is 59.8 Å². The van der Waals surface area contributed by atoms with Gasteiger partial charge < -0.3 is 14.2 Å². The molecule has 0 N–H and O–H groups in total. The van der Waals surface area contributed by atoms with Crippen molar-refractivity contribution in [3.63, 3.8) is 0 Å². The molecule has 24 heavy (non-hydrogen) atoms. The smallest absolute Gasteiger partial charge is 0.163 e. The van der Waals surface area contributed by atoms with E-state index in [0.29, 0.717) is 19.8 Å². The molecule has 1 unspecified atom stereocenters. The van der Waals surface area contributed by atoms with Crippen LogP contribution in [-0.2, 0) is 0 Å². The van der Waals surface area contributed by atoms with E-state index < -0.39 is 0 Å². The zero-order chi connectivity index (χ0) is 16.1. The summed E-state index contributed by atoms with van der Waals surface area (Å²) in [5, 5.41) is 4.39. The lowest BCUT2D eigenvalue weighted by Gasteiger charge is -2.34. The van der Waals surface area contributed by atoms with E-state index in [9.17, 15) is 0 Å². The van der Waals surface area contributed by atoms with E-state index in [0.717, 1.165) is 22.9 Å². The van der Waals surface area contributed by atoms with Gasteiger partial charge in [0.05, 0.1) is 11.7 Å². The van der Waals surface area contributed by atoms with Crippen LogP contribution < -0.4 is 19.2 Å². The van der Waals surface area contributed by atoms with Crippen molar-refractivity contribution in [1.29, 1.82) is 0 Å². The van der Waals surface area contributed by atoms with E-state index in [1.54, 1.807) is 0 Å². The number of anilines is 1. The van der Waals surface area contributed by atoms with Gasteiger partial charge in [0, 0.05) is 30.5 Å². The molecule has 3 aliphatic heterocycles. The van der Waals surface area contributed by atoms with Crippen LogP contribution in [0, 0.1) is 0 Å². The number of ether oxygens (including phenoxy) is 3. The molecular formula is C19H18N2O3. The van der Waals surface area contributed by atoms with Crippen molar-refractivity contribution in [2.45, 2.75) is 6.04 Å². The highest BCUT2D eigenvalue weighted by Gasteiger charge is 2.37. The van der Waals surface area contributed by atoms with Gasteiger partial charge in [-0.15, -0.1) is 0 Å². The minimum absolute atomic E-state index is 0.211. The number of fused-ring (bicyclic) bond motifs is 4. The fourth-order valence-corrected chi connectivity index (χ4v) is 3.63. The minimum Gasteiger partial charge on any atom is -0.489 e. The molecule has 122 valence electrons. The topological polar surface area (TPSA) is 34.2 Å². The predicted octanol–water partition coefficient (Wildman–Crippen LogP) is 3.14. The minimum atomic E-state index is 0.211. The molecule has 5 nitrogen and oxygen atoms in total. The van der Waals surface area contributed by atoms with E-state index >= 15 is 0 Å². The number of para-hydroxylation sites is 1. The van der Waals surface area contributed by atoms with Crippen LogP contribution in [0.1, 0.15) is 11.6 Å². The van der Waals surface area contributed by atoms with Crippen LogP contribution >= 0.6 is 0 Å². The molecule has 0 radical (unpaired) electrons. The van der Waals surface area contributed by atoms with Crippen molar-refractivity contribution < 1.29 is 14.2 Å². The normalized spacial score (nSPS) is 21.6. The molecule has 0 saturated carbocycles. The molecule has 0 fully saturated rings. The van der Waals surface area contributed by atoms with Crippen LogP contribution in [-0.4, -0.2) is 31.9 Å². The molecule has 0 aliphatic carbocycles. The fraction of sp³-hybridized carbons (Fsp3) is 0.263. The van der Waals surface area contributed by atoms with E-state index in [2.05, 4.69) is 41.5 Å². The molecule has 2 aromatic rings. The average molecular weight is 322 g/mol. The SMILES string of the molecule is CN1C2C(=CN1c1ccc3c(c1)OCCO3)COc1ccccc12. The second kappa shape index (κ2) is 5.18. The molecule has 0 amide bonds. The first-order chi connectivity index (χ1) is 11.8. The highest BCUT2D eigenvalue weighted by molar-refractivity contribution is 5.60. The summed E-state index contributed by atoms with van der Waals surface area (Å²) < 4.78 is 17.2. The number of likely N-dealkylation sites (N-methyl/N-ethyl adjacent to an activating group) is 1. The highest BCUT2D eigenvalue weighted by atomic mass is 16.6. The second-order valence-electron chi connectivity index (χ2n) is 6.18. The molecule has 3 heterocycles. The number of rotatable bonds is 1. The molecule has 0 bridgehead atoms. The van der Waals surface area contributed by atoms with Gasteiger partial charge in [-0.25, -0.2) is 5.01 Å². The van der Waals surface area contributed by atoms with Gasteiger partial charge in [0.2, 0.25) is 0 Å². The first kappa shape index (κ1) is 13.7. The third kappa shape index (κ3) is 1.98. The number of hydrogen-bond acceptors (Lipinski definition) is 5. The number of benzene rings is 2. The highest BCUT2D eigenvalue weighted by Crippen LogP contribution is 2.45. The first-order valence-corrected chi connectivity index (χ1v) is 8.15. The largest absolute Gasteiger partial charge is 0.489 e. The van der Waals surface area contributed by atoms with Crippen molar-refractivity contribution in [2.75, 3.05) is 31.9 Å². The third-order valence-electron chi connectivity index (χ3n) is 4.75. The van der Waals surface area contributed by atoms with Gasteiger partial charge in [-0.3, -0.25) is 5.01 Å². The summed E-state index contributed by atoms with van der Waals surface area (Å²) in [6.07, 6.45) is 2.16. The van der Waals surface area contributed by atoms with Crippen LogP contribution in [0.5, 0.6) is 17.2 Å². The van der Waals surface area contributed by atoms with Crippen LogP contribution in [0.4, 0.5) is 5.69 Å². The quantitative estimate of drug-likeness (QED) is 0.806. The molecule has 2 aromatic carbocycles. The Hall–Kier alpha value is -2.66. The maximum Gasteiger partial charge on any atom is 0.163 e. The van der Waals surface area contributed by atoms with Gasteiger partial charge in [-0.2, -0.15) is 0 Å². The molecule has 0 saturated heterocycles. The van der Waals surface area contributed by atoms with Gasteiger partial charge in [0.25, 0.3) is 0 Å². The van der Waals surface area contributed by atoms with Gasteiger partial charge in [0.1, 0.15) is 25.6 Å². The Morgan fingerprint density at radius 2 is 1.75 bits per heavy atom. The average Bonchev–Trinajstić information content (AvgIpc) is 2.98. The van der Waals surface area contributed by atoms with Crippen LogP contribution in [0.3, 0.4) is 0 Å². The number of hydrazine groups is 1. The van der Waals surface area contributed by atoms with Crippen LogP contribution in [0.2, 0.25) is 0 Å². The predicted molar refractivity (Wildman–Crippen MR) is 90.4 cm³/mol. The summed E-state index contributed by atoms with van der Waals surface area (Å²) >= 11 is 0. The Bertz CT molecular complexity index is 833. The lowest BCUT2D eigenvalue weighted by molar-refractivity contribution is 0.171. The van der Waals surface area contributed by atoms with Gasteiger partial charge in [-0.1, -0.05) is 18.2 Å². The van der Waals surface area contributed by atoms with Gasteiger partial charge in [-0.05, 0) is 18.2 Å². The van der Waals surface area contributed by atoms with Crippen molar-refractivity contribution in [1.82, 2.24) is 5.01 Å².